The van der Waals surface area contributed by atoms with Crippen molar-refractivity contribution in [2.75, 3.05) is 6.61 Å². The number of halogens is 2. The number of hydrogen-bond acceptors (Lipinski definition) is 3. The summed E-state index contributed by atoms with van der Waals surface area (Å²) >= 11 is 5.83. The van der Waals surface area contributed by atoms with Crippen LogP contribution in [0.3, 0.4) is 0 Å². The van der Waals surface area contributed by atoms with Gasteiger partial charge in [-0.05, 0) is 43.9 Å². The SMILES string of the molecule is CCOC(=O)C(N)CCCCCc1ccc(Cl)cc1.Cl. The third-order valence-corrected chi connectivity index (χ3v) is 3.24. The van der Waals surface area contributed by atoms with Crippen LogP contribution in [0.15, 0.2) is 24.3 Å². The Hall–Kier alpha value is -0.770. The quantitative estimate of drug-likeness (QED) is 0.586. The van der Waals surface area contributed by atoms with Crippen LogP contribution in [0.1, 0.15) is 38.2 Å². The van der Waals surface area contributed by atoms with E-state index in [9.17, 15) is 4.79 Å². The lowest BCUT2D eigenvalue weighted by atomic mass is 10.0. The Morgan fingerprint density at radius 3 is 2.50 bits per heavy atom. The van der Waals surface area contributed by atoms with Crippen molar-refractivity contribution in [2.45, 2.75) is 45.1 Å². The maximum atomic E-state index is 11.3. The van der Waals surface area contributed by atoms with Crippen LogP contribution < -0.4 is 5.73 Å². The Kier molecular flexibility index (Phi) is 10.5. The van der Waals surface area contributed by atoms with Gasteiger partial charge < -0.3 is 10.5 Å². The molecule has 2 N–H and O–H groups in total. The summed E-state index contributed by atoms with van der Waals surface area (Å²) in [7, 11) is 0. The summed E-state index contributed by atoms with van der Waals surface area (Å²) in [6, 6.07) is 7.44. The zero-order chi connectivity index (χ0) is 14.1. The second kappa shape index (κ2) is 11.0. The van der Waals surface area contributed by atoms with Gasteiger partial charge in [-0.15, -0.1) is 12.4 Å². The molecule has 114 valence electrons. The maximum absolute atomic E-state index is 11.3. The molecule has 0 fully saturated rings. The van der Waals surface area contributed by atoms with Gasteiger partial charge in [-0.1, -0.05) is 36.6 Å². The molecule has 0 aliphatic rings. The molecule has 0 bridgehead atoms. The van der Waals surface area contributed by atoms with Crippen molar-refractivity contribution in [1.82, 2.24) is 0 Å². The summed E-state index contributed by atoms with van der Waals surface area (Å²) in [6.07, 6.45) is 4.84. The highest BCUT2D eigenvalue weighted by Gasteiger charge is 2.13. The van der Waals surface area contributed by atoms with Crippen LogP contribution in [0.4, 0.5) is 0 Å². The first-order valence-corrected chi connectivity index (χ1v) is 7.18. The smallest absolute Gasteiger partial charge is 0.322 e. The number of aryl methyl sites for hydroxylation is 1. The van der Waals surface area contributed by atoms with Gasteiger partial charge in [-0.25, -0.2) is 0 Å². The number of benzene rings is 1. The van der Waals surface area contributed by atoms with E-state index in [4.69, 9.17) is 22.1 Å². The molecular formula is C15H23Cl2NO2. The van der Waals surface area contributed by atoms with Gasteiger partial charge >= 0.3 is 5.97 Å². The maximum Gasteiger partial charge on any atom is 0.322 e. The number of hydrogen-bond donors (Lipinski definition) is 1. The van der Waals surface area contributed by atoms with E-state index in [-0.39, 0.29) is 18.4 Å². The van der Waals surface area contributed by atoms with Crippen LogP contribution in [0, 0.1) is 0 Å². The van der Waals surface area contributed by atoms with Crippen molar-refractivity contribution < 1.29 is 9.53 Å². The van der Waals surface area contributed by atoms with Gasteiger partial charge in [-0.2, -0.15) is 0 Å². The fourth-order valence-corrected chi connectivity index (χ4v) is 2.01. The first-order valence-electron chi connectivity index (χ1n) is 6.80. The molecule has 1 rings (SSSR count). The predicted molar refractivity (Wildman–Crippen MR) is 85.5 cm³/mol. The Labute approximate surface area is 132 Å². The molecule has 20 heavy (non-hydrogen) atoms. The minimum atomic E-state index is -0.476. The van der Waals surface area contributed by atoms with E-state index in [1.54, 1.807) is 6.92 Å². The van der Waals surface area contributed by atoms with Crippen LogP contribution >= 0.6 is 24.0 Å². The lowest BCUT2D eigenvalue weighted by Crippen LogP contribution is -2.32. The Bertz CT molecular complexity index is 382. The molecule has 3 nitrogen and oxygen atoms in total. The van der Waals surface area contributed by atoms with Gasteiger partial charge in [0.15, 0.2) is 0 Å². The molecule has 0 saturated heterocycles. The summed E-state index contributed by atoms with van der Waals surface area (Å²) in [6.45, 7) is 2.18. The lowest BCUT2D eigenvalue weighted by Gasteiger charge is -2.10. The van der Waals surface area contributed by atoms with Gasteiger partial charge in [0.25, 0.3) is 0 Å². The van der Waals surface area contributed by atoms with Gasteiger partial charge in [0.1, 0.15) is 6.04 Å². The molecule has 0 radical (unpaired) electrons. The van der Waals surface area contributed by atoms with E-state index in [1.807, 2.05) is 24.3 Å². The number of esters is 1. The van der Waals surface area contributed by atoms with E-state index >= 15 is 0 Å². The van der Waals surface area contributed by atoms with Crippen LogP contribution in [0.2, 0.25) is 5.02 Å². The Morgan fingerprint density at radius 1 is 1.25 bits per heavy atom. The van der Waals surface area contributed by atoms with E-state index in [0.29, 0.717) is 13.0 Å². The number of carbonyl (C=O) groups is 1. The summed E-state index contributed by atoms with van der Waals surface area (Å²) in [5.74, 6) is -0.291. The molecule has 0 aliphatic carbocycles. The number of unbranched alkanes of at least 4 members (excludes halogenated alkanes) is 2. The van der Waals surface area contributed by atoms with Crippen LogP contribution in [0.25, 0.3) is 0 Å². The monoisotopic (exact) mass is 319 g/mol. The highest BCUT2D eigenvalue weighted by Crippen LogP contribution is 2.13. The normalized spacial score (nSPS) is 11.6. The van der Waals surface area contributed by atoms with Gasteiger partial charge in [0.2, 0.25) is 0 Å². The Morgan fingerprint density at radius 2 is 1.90 bits per heavy atom. The molecule has 1 aromatic rings. The average Bonchev–Trinajstić information content (AvgIpc) is 2.40. The highest BCUT2D eigenvalue weighted by molar-refractivity contribution is 6.30. The van der Waals surface area contributed by atoms with Gasteiger partial charge in [-0.3, -0.25) is 4.79 Å². The number of rotatable bonds is 8. The van der Waals surface area contributed by atoms with Crippen molar-refractivity contribution in [3.63, 3.8) is 0 Å². The van der Waals surface area contributed by atoms with E-state index in [2.05, 4.69) is 0 Å². The van der Waals surface area contributed by atoms with Gasteiger partial charge in [0.05, 0.1) is 6.61 Å². The van der Waals surface area contributed by atoms with Crippen molar-refractivity contribution >= 4 is 30.0 Å². The Balaban J connectivity index is 0.00000361. The molecule has 0 aliphatic heterocycles. The zero-order valence-electron chi connectivity index (χ0n) is 11.8. The largest absolute Gasteiger partial charge is 0.465 e. The summed E-state index contributed by atoms with van der Waals surface area (Å²) in [5.41, 5.74) is 7.01. The van der Waals surface area contributed by atoms with E-state index in [1.165, 1.54) is 5.56 Å². The minimum absolute atomic E-state index is 0. The lowest BCUT2D eigenvalue weighted by molar-refractivity contribution is -0.144. The van der Waals surface area contributed by atoms with Crippen LogP contribution in [-0.4, -0.2) is 18.6 Å². The molecule has 0 aromatic heterocycles. The molecule has 1 unspecified atom stereocenters. The van der Waals surface area contributed by atoms with Crippen molar-refractivity contribution in [1.29, 1.82) is 0 Å². The van der Waals surface area contributed by atoms with Crippen molar-refractivity contribution in [3.05, 3.63) is 34.9 Å². The molecule has 0 heterocycles. The van der Waals surface area contributed by atoms with Crippen molar-refractivity contribution in [2.24, 2.45) is 5.73 Å². The molecular weight excluding hydrogens is 297 g/mol. The summed E-state index contributed by atoms with van der Waals surface area (Å²) < 4.78 is 4.86. The standard InChI is InChI=1S/C15H22ClNO2.ClH/c1-2-19-15(18)14(17)7-5-3-4-6-12-8-10-13(16)11-9-12;/h8-11,14H,2-7,17H2,1H3;1H. The van der Waals surface area contributed by atoms with Crippen LogP contribution in [0.5, 0.6) is 0 Å². The highest BCUT2D eigenvalue weighted by atomic mass is 35.5. The van der Waals surface area contributed by atoms with E-state index < -0.39 is 6.04 Å². The molecule has 1 aromatic carbocycles. The molecule has 0 saturated carbocycles. The average molecular weight is 320 g/mol. The first-order chi connectivity index (χ1) is 9.13. The second-order valence-corrected chi connectivity index (χ2v) is 5.02. The second-order valence-electron chi connectivity index (χ2n) is 4.58. The minimum Gasteiger partial charge on any atom is -0.465 e. The molecule has 0 amide bonds. The number of nitrogens with two attached hydrogens (primary N) is 1. The van der Waals surface area contributed by atoms with Crippen LogP contribution in [-0.2, 0) is 16.0 Å². The third kappa shape index (κ3) is 7.73. The fraction of sp³-hybridized carbons (Fsp3) is 0.533. The number of carbonyl (C=O) groups excluding carboxylic acids is 1. The topological polar surface area (TPSA) is 52.3 Å². The van der Waals surface area contributed by atoms with E-state index in [0.717, 1.165) is 30.7 Å². The summed E-state index contributed by atoms with van der Waals surface area (Å²) in [4.78, 5) is 11.3. The molecule has 0 spiro atoms. The molecule has 5 heteroatoms. The zero-order valence-corrected chi connectivity index (χ0v) is 13.4. The molecule has 1 atom stereocenters. The number of ether oxygens (including phenoxy) is 1. The summed E-state index contributed by atoms with van der Waals surface area (Å²) in [5, 5.41) is 0.768. The van der Waals surface area contributed by atoms with Crippen molar-refractivity contribution in [3.8, 4) is 0 Å². The first kappa shape index (κ1) is 19.2. The third-order valence-electron chi connectivity index (χ3n) is 2.98. The fourth-order valence-electron chi connectivity index (χ4n) is 1.89. The predicted octanol–water partition coefficient (Wildman–Crippen LogP) is 3.76. The van der Waals surface area contributed by atoms with Gasteiger partial charge in [0, 0.05) is 5.02 Å².